The van der Waals surface area contributed by atoms with Crippen molar-refractivity contribution in [2.24, 2.45) is 5.73 Å². The van der Waals surface area contributed by atoms with Crippen LogP contribution in [-0.2, 0) is 0 Å². The Bertz CT molecular complexity index is 491. The quantitative estimate of drug-likeness (QED) is 0.778. The Morgan fingerprint density at radius 3 is 2.55 bits per heavy atom. The highest BCUT2D eigenvalue weighted by Gasteiger charge is 2.19. The molecule has 5 nitrogen and oxygen atoms in total. The summed E-state index contributed by atoms with van der Waals surface area (Å²) in [5.41, 5.74) is 5.98. The minimum absolute atomic E-state index is 0.108. The van der Waals surface area contributed by atoms with Gasteiger partial charge in [-0.2, -0.15) is 0 Å². The number of hydrogen-bond donors (Lipinski definition) is 1. The summed E-state index contributed by atoms with van der Waals surface area (Å²) in [5.74, 6) is 1.02. The number of carbonyl (C=O) groups excluding carboxylic acids is 1. The van der Waals surface area contributed by atoms with Crippen molar-refractivity contribution < 1.29 is 14.3 Å². The van der Waals surface area contributed by atoms with Crippen molar-refractivity contribution >= 4 is 23.1 Å². The number of amides is 1. The third kappa shape index (κ3) is 4.09. The van der Waals surface area contributed by atoms with Crippen LogP contribution >= 0.6 is 12.2 Å². The molecule has 0 heterocycles. The van der Waals surface area contributed by atoms with Gasteiger partial charge in [0.15, 0.2) is 0 Å². The van der Waals surface area contributed by atoms with Gasteiger partial charge in [-0.15, -0.1) is 0 Å². The van der Waals surface area contributed by atoms with E-state index in [1.54, 1.807) is 30.2 Å². The monoisotopic (exact) mass is 296 g/mol. The average Bonchev–Trinajstić information content (AvgIpc) is 2.46. The Kier molecular flexibility index (Phi) is 6.24. The second-order valence-corrected chi connectivity index (χ2v) is 4.69. The molecule has 0 aliphatic heterocycles. The van der Waals surface area contributed by atoms with Gasteiger partial charge >= 0.3 is 0 Å². The van der Waals surface area contributed by atoms with Crippen LogP contribution in [0.3, 0.4) is 0 Å². The van der Waals surface area contributed by atoms with Gasteiger partial charge in [-0.25, -0.2) is 0 Å². The van der Waals surface area contributed by atoms with Gasteiger partial charge in [-0.05, 0) is 19.1 Å². The summed E-state index contributed by atoms with van der Waals surface area (Å²) < 4.78 is 10.4. The van der Waals surface area contributed by atoms with E-state index in [4.69, 9.17) is 27.4 Å². The van der Waals surface area contributed by atoms with Crippen molar-refractivity contribution in [1.82, 2.24) is 4.90 Å². The number of nitrogens with zero attached hydrogens (tertiary/aromatic N) is 1. The first-order valence-corrected chi connectivity index (χ1v) is 6.73. The molecule has 0 radical (unpaired) electrons. The molecule has 6 heteroatoms. The number of benzene rings is 1. The average molecular weight is 296 g/mol. The maximum absolute atomic E-state index is 12.5. The molecule has 0 aliphatic rings. The molecule has 20 heavy (non-hydrogen) atoms. The van der Waals surface area contributed by atoms with Gasteiger partial charge in [0, 0.05) is 25.6 Å². The van der Waals surface area contributed by atoms with E-state index in [-0.39, 0.29) is 5.91 Å². The maximum atomic E-state index is 12.5. The normalized spacial score (nSPS) is 9.95. The number of rotatable bonds is 7. The molecule has 1 rings (SSSR count). The minimum Gasteiger partial charge on any atom is -0.497 e. The zero-order valence-electron chi connectivity index (χ0n) is 12.0. The third-order valence-corrected chi connectivity index (χ3v) is 3.14. The first-order chi connectivity index (χ1) is 9.53. The molecule has 0 fully saturated rings. The highest BCUT2D eigenvalue weighted by Crippen LogP contribution is 2.25. The Hall–Kier alpha value is -1.82. The van der Waals surface area contributed by atoms with Crippen molar-refractivity contribution in [2.75, 3.05) is 27.3 Å². The summed E-state index contributed by atoms with van der Waals surface area (Å²) in [7, 11) is 3.09. The molecule has 0 unspecified atom stereocenters. The summed E-state index contributed by atoms with van der Waals surface area (Å²) >= 11 is 4.85. The van der Waals surface area contributed by atoms with Gasteiger partial charge in [0.05, 0.1) is 24.8 Å². The van der Waals surface area contributed by atoms with E-state index in [9.17, 15) is 4.79 Å². The zero-order valence-corrected chi connectivity index (χ0v) is 12.8. The van der Waals surface area contributed by atoms with E-state index < -0.39 is 0 Å². The van der Waals surface area contributed by atoms with Gasteiger partial charge in [0.1, 0.15) is 11.5 Å². The van der Waals surface area contributed by atoms with Crippen molar-refractivity contribution in [2.45, 2.75) is 13.3 Å². The molecule has 0 aromatic heterocycles. The lowest BCUT2D eigenvalue weighted by Crippen LogP contribution is -2.33. The molecule has 0 spiro atoms. The summed E-state index contributed by atoms with van der Waals surface area (Å²) in [4.78, 5) is 14.6. The predicted octanol–water partition coefficient (Wildman–Crippen LogP) is 1.84. The van der Waals surface area contributed by atoms with Crippen LogP contribution in [0.2, 0.25) is 0 Å². The fraction of sp³-hybridized carbons (Fsp3) is 0.429. The molecule has 0 saturated carbocycles. The van der Waals surface area contributed by atoms with Crippen LogP contribution in [0.1, 0.15) is 23.7 Å². The first kappa shape index (κ1) is 16.2. The SMILES string of the molecule is CCN(CCC(N)=S)C(=O)c1ccc(OC)cc1OC. The second-order valence-electron chi connectivity index (χ2n) is 4.17. The molecule has 0 saturated heterocycles. The Morgan fingerprint density at radius 1 is 1.35 bits per heavy atom. The number of nitrogens with two attached hydrogens (primary N) is 1. The lowest BCUT2D eigenvalue weighted by Gasteiger charge is -2.22. The van der Waals surface area contributed by atoms with E-state index in [1.165, 1.54) is 7.11 Å². The third-order valence-electron chi connectivity index (χ3n) is 2.94. The highest BCUT2D eigenvalue weighted by molar-refractivity contribution is 7.80. The molecule has 110 valence electrons. The number of methoxy groups -OCH3 is 2. The number of carbonyl (C=O) groups is 1. The van der Waals surface area contributed by atoms with E-state index in [0.29, 0.717) is 41.6 Å². The van der Waals surface area contributed by atoms with Crippen LogP contribution in [0.25, 0.3) is 0 Å². The molecule has 0 atom stereocenters. The summed E-state index contributed by atoms with van der Waals surface area (Å²) in [6.07, 6.45) is 0.507. The Morgan fingerprint density at radius 2 is 2.05 bits per heavy atom. The summed E-state index contributed by atoms with van der Waals surface area (Å²) in [5, 5.41) is 0. The van der Waals surface area contributed by atoms with Crippen LogP contribution < -0.4 is 15.2 Å². The minimum atomic E-state index is -0.108. The largest absolute Gasteiger partial charge is 0.497 e. The van der Waals surface area contributed by atoms with Gasteiger partial charge in [-0.1, -0.05) is 12.2 Å². The van der Waals surface area contributed by atoms with Crippen molar-refractivity contribution in [3.05, 3.63) is 23.8 Å². The summed E-state index contributed by atoms with van der Waals surface area (Å²) in [6, 6.07) is 5.12. The standard InChI is InChI=1S/C14H20N2O3S/c1-4-16(8-7-13(15)20)14(17)11-6-5-10(18-2)9-12(11)19-3/h5-6,9H,4,7-8H2,1-3H3,(H2,15,20). The van der Waals surface area contributed by atoms with Crippen molar-refractivity contribution in [3.63, 3.8) is 0 Å². The molecule has 1 amide bonds. The highest BCUT2D eigenvalue weighted by atomic mass is 32.1. The first-order valence-electron chi connectivity index (χ1n) is 6.33. The molecular formula is C14H20N2O3S. The van der Waals surface area contributed by atoms with Crippen molar-refractivity contribution in [3.8, 4) is 11.5 Å². The van der Waals surface area contributed by atoms with Gasteiger partial charge < -0.3 is 20.1 Å². The van der Waals surface area contributed by atoms with E-state index in [2.05, 4.69) is 0 Å². The number of ether oxygens (including phenoxy) is 2. The summed E-state index contributed by atoms with van der Waals surface area (Å²) in [6.45, 7) is 2.99. The van der Waals surface area contributed by atoms with Crippen LogP contribution in [0.15, 0.2) is 18.2 Å². The molecule has 0 bridgehead atoms. The van der Waals surface area contributed by atoms with E-state index >= 15 is 0 Å². The van der Waals surface area contributed by atoms with Gasteiger partial charge in [-0.3, -0.25) is 4.79 Å². The van der Waals surface area contributed by atoms with Crippen LogP contribution in [-0.4, -0.2) is 43.1 Å². The fourth-order valence-electron chi connectivity index (χ4n) is 1.79. The smallest absolute Gasteiger partial charge is 0.257 e. The molecular weight excluding hydrogens is 276 g/mol. The van der Waals surface area contributed by atoms with Gasteiger partial charge in [0.2, 0.25) is 0 Å². The zero-order chi connectivity index (χ0) is 15.1. The van der Waals surface area contributed by atoms with E-state index in [1.807, 2.05) is 6.92 Å². The number of hydrogen-bond acceptors (Lipinski definition) is 4. The number of thiocarbonyl (C=S) groups is 1. The lowest BCUT2D eigenvalue weighted by atomic mass is 10.1. The maximum Gasteiger partial charge on any atom is 0.257 e. The topological polar surface area (TPSA) is 64.8 Å². The van der Waals surface area contributed by atoms with Crippen LogP contribution in [0, 0.1) is 0 Å². The molecule has 1 aromatic rings. The van der Waals surface area contributed by atoms with Crippen molar-refractivity contribution in [1.29, 1.82) is 0 Å². The van der Waals surface area contributed by atoms with Crippen LogP contribution in [0.4, 0.5) is 0 Å². The lowest BCUT2D eigenvalue weighted by molar-refractivity contribution is 0.0765. The Balaban J connectivity index is 2.96. The molecule has 0 aliphatic carbocycles. The predicted molar refractivity (Wildman–Crippen MR) is 82.5 cm³/mol. The Labute approximate surface area is 124 Å². The van der Waals surface area contributed by atoms with Gasteiger partial charge in [0.25, 0.3) is 5.91 Å². The van der Waals surface area contributed by atoms with E-state index in [0.717, 1.165) is 0 Å². The second kappa shape index (κ2) is 7.69. The van der Waals surface area contributed by atoms with Crippen LogP contribution in [0.5, 0.6) is 11.5 Å². The molecule has 2 N–H and O–H groups in total. The molecule has 1 aromatic carbocycles. The fourth-order valence-corrected chi connectivity index (χ4v) is 1.89.